The Hall–Kier alpha value is -3.46. The number of amides is 1. The van der Waals surface area contributed by atoms with Gasteiger partial charge in [-0.2, -0.15) is 5.26 Å². The van der Waals surface area contributed by atoms with Crippen molar-refractivity contribution in [2.45, 2.75) is 32.7 Å². The molecule has 2 aromatic carbocycles. The lowest BCUT2D eigenvalue weighted by molar-refractivity contribution is -0.140. The molecule has 0 unspecified atom stereocenters. The van der Waals surface area contributed by atoms with E-state index in [-0.39, 0.29) is 25.5 Å². The Morgan fingerprint density at radius 2 is 2.03 bits per heavy atom. The largest absolute Gasteiger partial charge is 0.463 e. The van der Waals surface area contributed by atoms with E-state index in [1.165, 1.54) is 17.0 Å². The summed E-state index contributed by atoms with van der Waals surface area (Å²) in [6.45, 7) is 3.76. The van der Waals surface area contributed by atoms with Crippen molar-refractivity contribution in [2.24, 2.45) is 0 Å². The van der Waals surface area contributed by atoms with Crippen molar-refractivity contribution >= 4 is 11.9 Å². The molecular weight excluding hydrogens is 371 g/mol. The summed E-state index contributed by atoms with van der Waals surface area (Å²) in [5.41, 5.74) is 2.51. The lowest BCUT2D eigenvalue weighted by Crippen LogP contribution is -2.38. The highest BCUT2D eigenvalue weighted by molar-refractivity contribution is 5.95. The van der Waals surface area contributed by atoms with Gasteiger partial charge in [-0.1, -0.05) is 30.3 Å². The number of hydrogen-bond acceptors (Lipinski definition) is 4. The third kappa shape index (κ3) is 4.19. The zero-order chi connectivity index (χ0) is 21.0. The van der Waals surface area contributed by atoms with Crippen LogP contribution < -0.4 is 0 Å². The standard InChI is InChI=1S/C23H21FN2O3/c1-3-29-23(28)22-15(2)26(14-18-8-5-4-7-17(18)13-25)21(27)12-20(22)16-9-6-10-19(24)11-16/h4-11,20H,3,12,14H2,1-2H3/t20-/m1/s1. The van der Waals surface area contributed by atoms with Gasteiger partial charge in [0.15, 0.2) is 0 Å². The molecule has 1 atom stereocenters. The molecule has 148 valence electrons. The minimum atomic E-state index is -0.584. The zero-order valence-corrected chi connectivity index (χ0v) is 16.3. The van der Waals surface area contributed by atoms with Crippen LogP contribution in [-0.2, 0) is 20.9 Å². The van der Waals surface area contributed by atoms with Crippen LogP contribution in [0.2, 0.25) is 0 Å². The van der Waals surface area contributed by atoms with Crippen LogP contribution in [0.4, 0.5) is 4.39 Å². The van der Waals surface area contributed by atoms with E-state index in [1.54, 1.807) is 50.2 Å². The number of allylic oxidation sites excluding steroid dienone is 1. The molecule has 0 saturated carbocycles. The van der Waals surface area contributed by atoms with Gasteiger partial charge in [0.25, 0.3) is 0 Å². The predicted molar refractivity (Wildman–Crippen MR) is 105 cm³/mol. The molecule has 0 saturated heterocycles. The van der Waals surface area contributed by atoms with Gasteiger partial charge in [-0.25, -0.2) is 9.18 Å². The van der Waals surface area contributed by atoms with E-state index in [0.717, 1.165) is 0 Å². The van der Waals surface area contributed by atoms with E-state index in [2.05, 4.69) is 6.07 Å². The molecule has 2 aromatic rings. The highest BCUT2D eigenvalue weighted by atomic mass is 19.1. The molecule has 1 aliphatic rings. The van der Waals surface area contributed by atoms with E-state index < -0.39 is 17.7 Å². The van der Waals surface area contributed by atoms with Crippen LogP contribution in [0.1, 0.15) is 42.9 Å². The number of nitrogens with zero attached hydrogens (tertiary/aromatic N) is 2. The van der Waals surface area contributed by atoms with Gasteiger partial charge in [0.05, 0.1) is 30.4 Å². The SMILES string of the molecule is CCOC(=O)C1=C(C)N(Cc2ccccc2C#N)C(=O)C[C@@H]1c1cccc(F)c1. The second kappa shape index (κ2) is 8.70. The summed E-state index contributed by atoms with van der Waals surface area (Å²) in [4.78, 5) is 27.2. The fraction of sp³-hybridized carbons (Fsp3) is 0.261. The van der Waals surface area contributed by atoms with E-state index in [1.807, 2.05) is 0 Å². The number of halogens is 1. The third-order valence-electron chi connectivity index (χ3n) is 5.04. The summed E-state index contributed by atoms with van der Waals surface area (Å²) >= 11 is 0. The van der Waals surface area contributed by atoms with Crippen LogP contribution in [-0.4, -0.2) is 23.4 Å². The van der Waals surface area contributed by atoms with Gasteiger partial charge in [-0.15, -0.1) is 0 Å². The van der Waals surface area contributed by atoms with Gasteiger partial charge >= 0.3 is 5.97 Å². The number of rotatable bonds is 5. The second-order valence-corrected chi connectivity index (χ2v) is 6.78. The van der Waals surface area contributed by atoms with Crippen LogP contribution in [0.5, 0.6) is 0 Å². The molecule has 1 amide bonds. The lowest BCUT2D eigenvalue weighted by atomic mass is 9.83. The van der Waals surface area contributed by atoms with Crippen molar-refractivity contribution in [3.05, 3.63) is 82.3 Å². The second-order valence-electron chi connectivity index (χ2n) is 6.78. The molecule has 0 bridgehead atoms. The third-order valence-corrected chi connectivity index (χ3v) is 5.04. The van der Waals surface area contributed by atoms with Gasteiger partial charge in [0.1, 0.15) is 5.82 Å². The molecule has 0 fully saturated rings. The number of hydrogen-bond donors (Lipinski definition) is 0. The molecule has 0 N–H and O–H groups in total. The molecule has 0 radical (unpaired) electrons. The van der Waals surface area contributed by atoms with Gasteiger partial charge < -0.3 is 9.64 Å². The summed E-state index contributed by atoms with van der Waals surface area (Å²) in [6.07, 6.45) is 0.0175. The fourth-order valence-corrected chi connectivity index (χ4v) is 3.62. The monoisotopic (exact) mass is 392 g/mol. The number of carbonyl (C=O) groups excluding carboxylic acids is 2. The van der Waals surface area contributed by atoms with Gasteiger partial charge in [0, 0.05) is 18.0 Å². The van der Waals surface area contributed by atoms with E-state index in [0.29, 0.717) is 28.0 Å². The van der Waals surface area contributed by atoms with Crippen molar-refractivity contribution in [3.8, 4) is 6.07 Å². The van der Waals surface area contributed by atoms with Crippen LogP contribution in [0.25, 0.3) is 0 Å². The Balaban J connectivity index is 2.06. The van der Waals surface area contributed by atoms with Crippen LogP contribution in [0.3, 0.4) is 0 Å². The van der Waals surface area contributed by atoms with E-state index in [4.69, 9.17) is 4.74 Å². The molecule has 0 aliphatic carbocycles. The summed E-state index contributed by atoms with van der Waals surface area (Å²) < 4.78 is 19.0. The minimum Gasteiger partial charge on any atom is -0.463 e. The Kier molecular flexibility index (Phi) is 6.08. The van der Waals surface area contributed by atoms with Crippen LogP contribution in [0, 0.1) is 17.1 Å². The first-order valence-electron chi connectivity index (χ1n) is 9.38. The quantitative estimate of drug-likeness (QED) is 0.720. The van der Waals surface area contributed by atoms with E-state index in [9.17, 15) is 19.2 Å². The lowest BCUT2D eigenvalue weighted by Gasteiger charge is -2.34. The Bertz CT molecular complexity index is 1020. The van der Waals surface area contributed by atoms with Gasteiger partial charge in [-0.05, 0) is 43.2 Å². The highest BCUT2D eigenvalue weighted by Gasteiger charge is 2.37. The maximum Gasteiger partial charge on any atom is 0.336 e. The Labute approximate surface area is 169 Å². The van der Waals surface area contributed by atoms with Crippen molar-refractivity contribution < 1.29 is 18.7 Å². The van der Waals surface area contributed by atoms with E-state index >= 15 is 0 Å². The molecule has 6 heteroatoms. The van der Waals surface area contributed by atoms with Crippen molar-refractivity contribution in [1.82, 2.24) is 4.90 Å². The molecule has 5 nitrogen and oxygen atoms in total. The van der Waals surface area contributed by atoms with Crippen molar-refractivity contribution in [2.75, 3.05) is 6.61 Å². The first kappa shape index (κ1) is 20.3. The number of carbonyl (C=O) groups is 2. The average molecular weight is 392 g/mol. The average Bonchev–Trinajstić information content (AvgIpc) is 2.71. The number of nitriles is 1. The molecule has 0 aromatic heterocycles. The molecule has 1 aliphatic heterocycles. The maximum absolute atomic E-state index is 13.8. The Morgan fingerprint density at radius 1 is 1.28 bits per heavy atom. The molecule has 3 rings (SSSR count). The molecule has 1 heterocycles. The minimum absolute atomic E-state index is 0.0175. The molecule has 29 heavy (non-hydrogen) atoms. The fourth-order valence-electron chi connectivity index (χ4n) is 3.62. The predicted octanol–water partition coefficient (Wildman–Crippen LogP) is 4.05. The number of benzene rings is 2. The van der Waals surface area contributed by atoms with Gasteiger partial charge in [0.2, 0.25) is 5.91 Å². The Morgan fingerprint density at radius 3 is 2.72 bits per heavy atom. The zero-order valence-electron chi connectivity index (χ0n) is 16.3. The smallest absolute Gasteiger partial charge is 0.336 e. The topological polar surface area (TPSA) is 70.4 Å². The molecule has 0 spiro atoms. The van der Waals surface area contributed by atoms with Crippen LogP contribution in [0.15, 0.2) is 59.8 Å². The number of esters is 1. The summed E-state index contributed by atoms with van der Waals surface area (Å²) in [5, 5.41) is 9.33. The molecular formula is C23H21FN2O3. The maximum atomic E-state index is 13.8. The van der Waals surface area contributed by atoms with Gasteiger partial charge in [-0.3, -0.25) is 4.79 Å². The summed E-state index contributed by atoms with van der Waals surface area (Å²) in [7, 11) is 0. The van der Waals surface area contributed by atoms with Crippen LogP contribution >= 0.6 is 0 Å². The normalized spacial score (nSPS) is 16.6. The van der Waals surface area contributed by atoms with Crippen molar-refractivity contribution in [3.63, 3.8) is 0 Å². The highest BCUT2D eigenvalue weighted by Crippen LogP contribution is 2.38. The number of ether oxygens (including phenoxy) is 1. The first-order chi connectivity index (χ1) is 14.0. The first-order valence-corrected chi connectivity index (χ1v) is 9.38. The van der Waals surface area contributed by atoms with Crippen molar-refractivity contribution in [1.29, 1.82) is 5.26 Å². The summed E-state index contributed by atoms with van der Waals surface area (Å²) in [6, 6.07) is 15.1. The summed E-state index contributed by atoms with van der Waals surface area (Å²) in [5.74, 6) is -1.73.